The van der Waals surface area contributed by atoms with Crippen LogP contribution in [-0.2, 0) is 16.8 Å². The molecule has 0 bridgehead atoms. The number of benzene rings is 2. The molecule has 1 aliphatic rings. The first-order valence-corrected chi connectivity index (χ1v) is 10.7. The first-order chi connectivity index (χ1) is 14.6. The fourth-order valence-corrected chi connectivity index (χ4v) is 4.42. The molecule has 1 fully saturated rings. The summed E-state index contributed by atoms with van der Waals surface area (Å²) in [5.74, 6) is 0.112. The van der Waals surface area contributed by atoms with E-state index in [0.29, 0.717) is 6.42 Å². The third-order valence-corrected chi connectivity index (χ3v) is 6.13. The molecule has 1 unspecified atom stereocenters. The lowest BCUT2D eigenvalue weighted by atomic mass is 9.73. The second kappa shape index (κ2) is 9.23. The molecule has 1 amide bonds. The minimum Gasteiger partial charge on any atom is -0.352 e. The van der Waals surface area contributed by atoms with E-state index in [4.69, 9.17) is 0 Å². The van der Waals surface area contributed by atoms with Crippen molar-refractivity contribution in [2.45, 2.75) is 37.8 Å². The summed E-state index contributed by atoms with van der Waals surface area (Å²) in [6, 6.07) is 25.0. The third kappa shape index (κ3) is 4.77. The fraction of sp³-hybridized carbons (Fsp3) is 0.308. The van der Waals surface area contributed by atoms with Crippen molar-refractivity contribution in [3.05, 3.63) is 102 Å². The maximum atomic E-state index is 13.1. The van der Waals surface area contributed by atoms with Crippen molar-refractivity contribution >= 4 is 5.91 Å². The van der Waals surface area contributed by atoms with Gasteiger partial charge < -0.3 is 5.32 Å². The summed E-state index contributed by atoms with van der Waals surface area (Å²) in [4.78, 5) is 19.6. The van der Waals surface area contributed by atoms with E-state index in [1.165, 1.54) is 5.56 Å². The van der Waals surface area contributed by atoms with Gasteiger partial charge >= 0.3 is 0 Å². The van der Waals surface area contributed by atoms with Gasteiger partial charge in [0.1, 0.15) is 0 Å². The van der Waals surface area contributed by atoms with E-state index in [1.54, 1.807) is 0 Å². The average Bonchev–Trinajstić information content (AvgIpc) is 3.22. The van der Waals surface area contributed by atoms with Crippen LogP contribution in [0.5, 0.6) is 0 Å². The van der Waals surface area contributed by atoms with E-state index in [1.807, 2.05) is 48.8 Å². The van der Waals surface area contributed by atoms with Crippen LogP contribution in [0.4, 0.5) is 0 Å². The Morgan fingerprint density at radius 3 is 2.20 bits per heavy atom. The van der Waals surface area contributed by atoms with Gasteiger partial charge in [-0.25, -0.2) is 0 Å². The quantitative estimate of drug-likeness (QED) is 0.649. The molecule has 30 heavy (non-hydrogen) atoms. The van der Waals surface area contributed by atoms with Crippen LogP contribution >= 0.6 is 0 Å². The Hall–Kier alpha value is -2.98. The minimum absolute atomic E-state index is 0.112. The van der Waals surface area contributed by atoms with E-state index < -0.39 is 0 Å². The Balaban J connectivity index is 1.41. The summed E-state index contributed by atoms with van der Waals surface area (Å²) in [7, 11) is 0. The molecular weight excluding hydrogens is 370 g/mol. The minimum atomic E-state index is -0.359. The zero-order valence-electron chi connectivity index (χ0n) is 17.5. The number of carbonyl (C=O) groups excluding carboxylic acids is 1. The lowest BCUT2D eigenvalue weighted by Crippen LogP contribution is -2.40. The second-order valence-electron chi connectivity index (χ2n) is 8.38. The largest absolute Gasteiger partial charge is 0.352 e. The standard InChI is InChI=1S/C26H29N3O/c1-26(22-8-4-2-5-9-22,23-10-6-3-7-11-23)18-25(30)28-24-14-17-29(20-24)19-21-12-15-27-16-13-21/h2-13,15-16,24H,14,17-20H2,1H3,(H,28,30). The summed E-state index contributed by atoms with van der Waals surface area (Å²) < 4.78 is 0. The van der Waals surface area contributed by atoms with Crippen molar-refractivity contribution in [2.75, 3.05) is 13.1 Å². The van der Waals surface area contributed by atoms with Crippen LogP contribution in [0.3, 0.4) is 0 Å². The normalized spacial score (nSPS) is 17.0. The molecule has 0 spiro atoms. The second-order valence-corrected chi connectivity index (χ2v) is 8.38. The van der Waals surface area contributed by atoms with Crippen molar-refractivity contribution in [3.63, 3.8) is 0 Å². The predicted molar refractivity (Wildman–Crippen MR) is 120 cm³/mol. The van der Waals surface area contributed by atoms with Crippen LogP contribution in [0.1, 0.15) is 36.5 Å². The van der Waals surface area contributed by atoms with Crippen LogP contribution in [0.25, 0.3) is 0 Å². The van der Waals surface area contributed by atoms with Gasteiger partial charge in [0.2, 0.25) is 5.91 Å². The average molecular weight is 400 g/mol. The monoisotopic (exact) mass is 399 g/mol. The molecular formula is C26H29N3O. The van der Waals surface area contributed by atoms with Crippen LogP contribution in [0.2, 0.25) is 0 Å². The Morgan fingerprint density at radius 2 is 1.60 bits per heavy atom. The molecule has 4 nitrogen and oxygen atoms in total. The van der Waals surface area contributed by atoms with Crippen molar-refractivity contribution in [2.24, 2.45) is 0 Å². The molecule has 2 heterocycles. The molecule has 154 valence electrons. The van der Waals surface area contributed by atoms with E-state index in [-0.39, 0.29) is 17.4 Å². The zero-order valence-corrected chi connectivity index (χ0v) is 17.5. The Labute approximate surface area is 179 Å². The van der Waals surface area contributed by atoms with E-state index in [0.717, 1.165) is 37.2 Å². The van der Waals surface area contributed by atoms with Gasteiger partial charge in [0.25, 0.3) is 0 Å². The van der Waals surface area contributed by atoms with E-state index in [2.05, 4.69) is 58.5 Å². The maximum absolute atomic E-state index is 13.1. The topological polar surface area (TPSA) is 45.2 Å². The van der Waals surface area contributed by atoms with Gasteiger partial charge in [0, 0.05) is 49.9 Å². The fourth-order valence-electron chi connectivity index (χ4n) is 4.42. The Morgan fingerprint density at radius 1 is 1.00 bits per heavy atom. The van der Waals surface area contributed by atoms with Gasteiger partial charge in [-0.3, -0.25) is 14.7 Å². The van der Waals surface area contributed by atoms with Crippen LogP contribution in [-0.4, -0.2) is 34.9 Å². The summed E-state index contributed by atoms with van der Waals surface area (Å²) in [6.07, 6.45) is 5.09. The van der Waals surface area contributed by atoms with Gasteiger partial charge in [0.15, 0.2) is 0 Å². The highest BCUT2D eigenvalue weighted by Crippen LogP contribution is 2.35. The summed E-state index contributed by atoms with van der Waals surface area (Å²) in [5.41, 5.74) is 3.23. The molecule has 4 heteroatoms. The number of nitrogens with one attached hydrogen (secondary N) is 1. The van der Waals surface area contributed by atoms with Gasteiger partial charge in [-0.2, -0.15) is 0 Å². The molecule has 3 aromatic rings. The molecule has 0 radical (unpaired) electrons. The van der Waals surface area contributed by atoms with Crippen molar-refractivity contribution in [3.8, 4) is 0 Å². The van der Waals surface area contributed by atoms with Crippen molar-refractivity contribution in [1.29, 1.82) is 0 Å². The molecule has 1 atom stereocenters. The zero-order chi connectivity index (χ0) is 20.8. The summed E-state index contributed by atoms with van der Waals surface area (Å²) in [6.45, 7) is 4.96. The highest BCUT2D eigenvalue weighted by atomic mass is 16.1. The highest BCUT2D eigenvalue weighted by molar-refractivity contribution is 5.79. The first kappa shape index (κ1) is 20.3. The van der Waals surface area contributed by atoms with Gasteiger partial charge in [-0.1, -0.05) is 67.6 Å². The Bertz CT molecular complexity index is 904. The number of likely N-dealkylation sites (tertiary alicyclic amines) is 1. The number of rotatable bonds is 7. The maximum Gasteiger partial charge on any atom is 0.221 e. The van der Waals surface area contributed by atoms with Gasteiger partial charge in [0.05, 0.1) is 0 Å². The number of hydrogen-bond acceptors (Lipinski definition) is 3. The summed E-state index contributed by atoms with van der Waals surface area (Å²) in [5, 5.41) is 3.30. The molecule has 0 aliphatic carbocycles. The number of nitrogens with zero attached hydrogens (tertiary/aromatic N) is 2. The van der Waals surface area contributed by atoms with Gasteiger partial charge in [-0.05, 0) is 35.2 Å². The number of aromatic nitrogens is 1. The lowest BCUT2D eigenvalue weighted by Gasteiger charge is -2.31. The molecule has 0 saturated carbocycles. The molecule has 1 saturated heterocycles. The van der Waals surface area contributed by atoms with Crippen LogP contribution in [0.15, 0.2) is 85.2 Å². The molecule has 1 aromatic heterocycles. The lowest BCUT2D eigenvalue weighted by molar-refractivity contribution is -0.122. The first-order valence-electron chi connectivity index (χ1n) is 10.7. The SMILES string of the molecule is CC(CC(=O)NC1CCN(Cc2ccncc2)C1)(c1ccccc1)c1ccccc1. The van der Waals surface area contributed by atoms with E-state index >= 15 is 0 Å². The van der Waals surface area contributed by atoms with E-state index in [9.17, 15) is 4.79 Å². The third-order valence-electron chi connectivity index (χ3n) is 6.13. The molecule has 1 N–H and O–H groups in total. The van der Waals surface area contributed by atoms with Crippen LogP contribution in [0, 0.1) is 0 Å². The van der Waals surface area contributed by atoms with Crippen LogP contribution < -0.4 is 5.32 Å². The van der Waals surface area contributed by atoms with Crippen molar-refractivity contribution in [1.82, 2.24) is 15.2 Å². The highest BCUT2D eigenvalue weighted by Gasteiger charge is 2.33. The molecule has 2 aromatic carbocycles. The number of pyridine rings is 1. The number of amides is 1. The number of hydrogen-bond donors (Lipinski definition) is 1. The summed E-state index contributed by atoms with van der Waals surface area (Å²) >= 11 is 0. The smallest absolute Gasteiger partial charge is 0.221 e. The number of carbonyl (C=O) groups is 1. The molecule has 1 aliphatic heterocycles. The van der Waals surface area contributed by atoms with Gasteiger partial charge in [-0.15, -0.1) is 0 Å². The molecule has 4 rings (SSSR count). The Kier molecular flexibility index (Phi) is 6.24. The predicted octanol–water partition coefficient (Wildman–Crippen LogP) is 4.17. The van der Waals surface area contributed by atoms with Crippen molar-refractivity contribution < 1.29 is 4.79 Å².